The van der Waals surface area contributed by atoms with E-state index in [1.165, 1.54) is 38.2 Å². The lowest BCUT2D eigenvalue weighted by Gasteiger charge is -2.21. The number of rotatable bonds is 4. The number of halogens is 2. The van der Waals surface area contributed by atoms with Crippen LogP contribution in [-0.2, 0) is 6.54 Å². The van der Waals surface area contributed by atoms with E-state index in [0.29, 0.717) is 23.3 Å². The SMILES string of the molecule is Fc1cccc(Cl)c1NCc1ccn(C2CCCCC2)n1. The molecule has 0 spiro atoms. The Morgan fingerprint density at radius 3 is 2.81 bits per heavy atom. The van der Waals surface area contributed by atoms with Crippen LogP contribution in [0.5, 0.6) is 0 Å². The molecule has 1 aliphatic rings. The first kappa shape index (κ1) is 14.4. The summed E-state index contributed by atoms with van der Waals surface area (Å²) in [5.41, 5.74) is 1.24. The predicted octanol–water partition coefficient (Wildman–Crippen LogP) is 4.79. The molecule has 1 aromatic heterocycles. The molecule has 0 unspecified atom stereocenters. The van der Waals surface area contributed by atoms with E-state index < -0.39 is 0 Å². The highest BCUT2D eigenvalue weighted by molar-refractivity contribution is 6.33. The highest BCUT2D eigenvalue weighted by Crippen LogP contribution is 2.28. The zero-order valence-corrected chi connectivity index (χ0v) is 12.6. The van der Waals surface area contributed by atoms with Crippen LogP contribution in [0.4, 0.5) is 10.1 Å². The lowest BCUT2D eigenvalue weighted by atomic mass is 9.96. The number of nitrogens with zero attached hydrogens (tertiary/aromatic N) is 2. The van der Waals surface area contributed by atoms with Crippen molar-refractivity contribution in [1.82, 2.24) is 9.78 Å². The van der Waals surface area contributed by atoms with Gasteiger partial charge < -0.3 is 5.32 Å². The first-order valence-corrected chi connectivity index (χ1v) is 7.84. The van der Waals surface area contributed by atoms with Gasteiger partial charge in [-0.3, -0.25) is 4.68 Å². The summed E-state index contributed by atoms with van der Waals surface area (Å²) >= 11 is 5.99. The van der Waals surface area contributed by atoms with Crippen molar-refractivity contribution < 1.29 is 4.39 Å². The Hall–Kier alpha value is -1.55. The van der Waals surface area contributed by atoms with Crippen LogP contribution < -0.4 is 5.32 Å². The number of benzene rings is 1. The van der Waals surface area contributed by atoms with Crippen molar-refractivity contribution in [2.45, 2.75) is 44.7 Å². The van der Waals surface area contributed by atoms with E-state index in [4.69, 9.17) is 11.6 Å². The van der Waals surface area contributed by atoms with Crippen molar-refractivity contribution in [2.75, 3.05) is 5.32 Å². The van der Waals surface area contributed by atoms with E-state index in [-0.39, 0.29) is 5.82 Å². The minimum Gasteiger partial charge on any atom is -0.376 e. The summed E-state index contributed by atoms with van der Waals surface area (Å²) in [6.45, 7) is 0.473. The lowest BCUT2D eigenvalue weighted by Crippen LogP contribution is -2.14. The Morgan fingerprint density at radius 2 is 2.05 bits per heavy atom. The van der Waals surface area contributed by atoms with Crippen LogP contribution >= 0.6 is 11.6 Å². The van der Waals surface area contributed by atoms with Gasteiger partial charge in [-0.15, -0.1) is 0 Å². The van der Waals surface area contributed by atoms with E-state index in [1.807, 2.05) is 12.3 Å². The van der Waals surface area contributed by atoms with Crippen LogP contribution in [0.15, 0.2) is 30.5 Å². The molecule has 3 nitrogen and oxygen atoms in total. The molecule has 2 aromatic rings. The van der Waals surface area contributed by atoms with Gasteiger partial charge in [0.05, 0.1) is 29.0 Å². The molecule has 0 radical (unpaired) electrons. The molecule has 21 heavy (non-hydrogen) atoms. The Labute approximate surface area is 129 Å². The van der Waals surface area contributed by atoms with E-state index >= 15 is 0 Å². The molecule has 0 atom stereocenters. The molecule has 1 heterocycles. The molecule has 1 saturated carbocycles. The van der Waals surface area contributed by atoms with Gasteiger partial charge in [0.25, 0.3) is 0 Å². The fourth-order valence-electron chi connectivity index (χ4n) is 2.87. The molecular weight excluding hydrogens is 289 g/mol. The van der Waals surface area contributed by atoms with E-state index in [9.17, 15) is 4.39 Å². The Balaban J connectivity index is 1.64. The molecule has 5 heteroatoms. The van der Waals surface area contributed by atoms with Gasteiger partial charge in [0.2, 0.25) is 0 Å². The number of anilines is 1. The van der Waals surface area contributed by atoms with Crippen LogP contribution in [0.1, 0.15) is 43.8 Å². The van der Waals surface area contributed by atoms with E-state index in [2.05, 4.69) is 15.1 Å². The molecule has 1 aromatic carbocycles. The van der Waals surface area contributed by atoms with Gasteiger partial charge in [-0.05, 0) is 31.0 Å². The number of nitrogens with one attached hydrogen (secondary N) is 1. The minimum atomic E-state index is -0.339. The molecule has 0 saturated heterocycles. The smallest absolute Gasteiger partial charge is 0.147 e. The van der Waals surface area contributed by atoms with Crippen molar-refractivity contribution in [3.05, 3.63) is 47.0 Å². The van der Waals surface area contributed by atoms with Crippen LogP contribution in [0, 0.1) is 5.82 Å². The van der Waals surface area contributed by atoms with Crippen LogP contribution in [0.25, 0.3) is 0 Å². The summed E-state index contributed by atoms with van der Waals surface area (Å²) in [4.78, 5) is 0. The number of aromatic nitrogens is 2. The molecule has 112 valence electrons. The largest absolute Gasteiger partial charge is 0.376 e. The molecule has 0 aliphatic heterocycles. The van der Waals surface area contributed by atoms with E-state index in [1.54, 1.807) is 12.1 Å². The van der Waals surface area contributed by atoms with Crippen molar-refractivity contribution in [3.63, 3.8) is 0 Å². The summed E-state index contributed by atoms with van der Waals surface area (Å²) in [5, 5.41) is 8.02. The Morgan fingerprint density at radius 1 is 1.24 bits per heavy atom. The topological polar surface area (TPSA) is 29.9 Å². The quantitative estimate of drug-likeness (QED) is 0.880. The van der Waals surface area contributed by atoms with Gasteiger partial charge in [-0.2, -0.15) is 5.10 Å². The molecule has 1 fully saturated rings. The number of para-hydroxylation sites is 1. The van der Waals surface area contributed by atoms with Crippen molar-refractivity contribution >= 4 is 17.3 Å². The van der Waals surface area contributed by atoms with Gasteiger partial charge in [0, 0.05) is 6.20 Å². The summed E-state index contributed by atoms with van der Waals surface area (Å²) in [7, 11) is 0. The standard InChI is InChI=1S/C16H19ClFN3/c17-14-7-4-8-15(18)16(14)19-11-12-9-10-21(20-12)13-5-2-1-3-6-13/h4,7-10,13,19H,1-3,5-6,11H2. The highest BCUT2D eigenvalue weighted by Gasteiger charge is 2.16. The second-order valence-electron chi connectivity index (χ2n) is 5.53. The second kappa shape index (κ2) is 6.48. The minimum absolute atomic E-state index is 0.339. The molecule has 0 amide bonds. The summed E-state index contributed by atoms with van der Waals surface area (Å²) < 4.78 is 15.7. The third-order valence-electron chi connectivity index (χ3n) is 4.02. The molecule has 0 bridgehead atoms. The van der Waals surface area contributed by atoms with Crippen molar-refractivity contribution in [2.24, 2.45) is 0 Å². The van der Waals surface area contributed by atoms with Gasteiger partial charge in [0.1, 0.15) is 5.82 Å². The summed E-state index contributed by atoms with van der Waals surface area (Å²) in [6.07, 6.45) is 8.32. The fraction of sp³-hybridized carbons (Fsp3) is 0.438. The number of hydrogen-bond acceptors (Lipinski definition) is 2. The van der Waals surface area contributed by atoms with Crippen molar-refractivity contribution in [3.8, 4) is 0 Å². The maximum atomic E-state index is 13.7. The normalized spacial score (nSPS) is 16.1. The zero-order chi connectivity index (χ0) is 14.7. The van der Waals surface area contributed by atoms with E-state index in [0.717, 1.165) is 5.69 Å². The fourth-order valence-corrected chi connectivity index (χ4v) is 3.10. The second-order valence-corrected chi connectivity index (χ2v) is 5.94. The van der Waals surface area contributed by atoms with Crippen molar-refractivity contribution in [1.29, 1.82) is 0 Å². The third-order valence-corrected chi connectivity index (χ3v) is 4.34. The van der Waals surface area contributed by atoms with Gasteiger partial charge in [0.15, 0.2) is 0 Å². The van der Waals surface area contributed by atoms with Gasteiger partial charge >= 0.3 is 0 Å². The molecular formula is C16H19ClFN3. The first-order chi connectivity index (χ1) is 10.2. The lowest BCUT2D eigenvalue weighted by molar-refractivity contribution is 0.328. The van der Waals surface area contributed by atoms with Gasteiger partial charge in [-0.25, -0.2) is 4.39 Å². The average molecular weight is 308 g/mol. The Bertz CT molecular complexity index is 585. The monoisotopic (exact) mass is 307 g/mol. The molecule has 1 N–H and O–H groups in total. The maximum absolute atomic E-state index is 13.7. The van der Waals surface area contributed by atoms with Crippen LogP contribution in [0.2, 0.25) is 5.02 Å². The molecule has 3 rings (SSSR count). The number of hydrogen-bond donors (Lipinski definition) is 1. The summed E-state index contributed by atoms with van der Waals surface area (Å²) in [5.74, 6) is -0.339. The van der Waals surface area contributed by atoms with Crippen LogP contribution in [0.3, 0.4) is 0 Å². The third kappa shape index (κ3) is 3.38. The average Bonchev–Trinajstić information content (AvgIpc) is 2.97. The summed E-state index contributed by atoms with van der Waals surface area (Å²) in [6, 6.07) is 7.17. The Kier molecular flexibility index (Phi) is 4.44. The van der Waals surface area contributed by atoms with Crippen LogP contribution in [-0.4, -0.2) is 9.78 Å². The zero-order valence-electron chi connectivity index (χ0n) is 11.9. The van der Waals surface area contributed by atoms with Gasteiger partial charge in [-0.1, -0.05) is 36.9 Å². The molecule has 1 aliphatic carbocycles. The first-order valence-electron chi connectivity index (χ1n) is 7.46. The maximum Gasteiger partial charge on any atom is 0.147 e. The highest BCUT2D eigenvalue weighted by atomic mass is 35.5. The predicted molar refractivity (Wildman–Crippen MR) is 83.1 cm³/mol.